The van der Waals surface area contributed by atoms with Crippen molar-refractivity contribution in [3.05, 3.63) is 97.2 Å². The van der Waals surface area contributed by atoms with Gasteiger partial charge in [0.1, 0.15) is 13.2 Å². The fourth-order valence-corrected chi connectivity index (χ4v) is 8.07. The summed E-state index contributed by atoms with van der Waals surface area (Å²) in [5.74, 6) is -0.917. The van der Waals surface area contributed by atoms with Gasteiger partial charge in [-0.1, -0.05) is 240 Å². The predicted molar refractivity (Wildman–Crippen MR) is 307 cm³/mol. The van der Waals surface area contributed by atoms with Crippen molar-refractivity contribution >= 4 is 17.9 Å². The Morgan fingerprint density at radius 3 is 0.901 bits per heavy atom. The van der Waals surface area contributed by atoms with Gasteiger partial charge in [-0.2, -0.15) is 0 Å². The molecule has 0 heterocycles. The zero-order valence-corrected chi connectivity index (χ0v) is 46.5. The van der Waals surface area contributed by atoms with Crippen LogP contribution in [0, 0.1) is 0 Å². The first-order chi connectivity index (χ1) is 35.0. The minimum Gasteiger partial charge on any atom is -0.462 e. The van der Waals surface area contributed by atoms with Crippen LogP contribution in [0.1, 0.15) is 278 Å². The van der Waals surface area contributed by atoms with Gasteiger partial charge in [0.25, 0.3) is 0 Å². The van der Waals surface area contributed by atoms with E-state index in [9.17, 15) is 14.4 Å². The molecule has 0 bridgehead atoms. The molecule has 6 nitrogen and oxygen atoms in total. The van der Waals surface area contributed by atoms with Gasteiger partial charge in [-0.15, -0.1) is 0 Å². The number of carbonyl (C=O) groups is 3. The zero-order chi connectivity index (χ0) is 51.4. The molecule has 0 aliphatic carbocycles. The van der Waals surface area contributed by atoms with Gasteiger partial charge < -0.3 is 14.2 Å². The third-order valence-electron chi connectivity index (χ3n) is 12.5. The van der Waals surface area contributed by atoms with E-state index in [1.165, 1.54) is 103 Å². The minimum absolute atomic E-state index is 0.0901. The normalized spacial score (nSPS) is 12.8. The Labute approximate surface area is 438 Å². The number of carbonyl (C=O) groups excluding carboxylic acids is 3. The third kappa shape index (κ3) is 57.1. The molecule has 406 valence electrons. The lowest BCUT2D eigenvalue weighted by Crippen LogP contribution is -2.30. The Bertz CT molecular complexity index is 1410. The van der Waals surface area contributed by atoms with E-state index in [4.69, 9.17) is 14.2 Å². The van der Waals surface area contributed by atoms with Gasteiger partial charge in [0.15, 0.2) is 6.10 Å². The van der Waals surface area contributed by atoms with Crippen molar-refractivity contribution in [3.8, 4) is 0 Å². The number of unbranched alkanes of at least 4 members (excludes halogenated alkanes) is 26. The van der Waals surface area contributed by atoms with Crippen LogP contribution in [0.2, 0.25) is 0 Å². The second-order valence-electron chi connectivity index (χ2n) is 19.5. The van der Waals surface area contributed by atoms with Crippen LogP contribution in [-0.4, -0.2) is 37.2 Å². The van der Waals surface area contributed by atoms with Crippen LogP contribution >= 0.6 is 0 Å². The van der Waals surface area contributed by atoms with Crippen LogP contribution in [0.25, 0.3) is 0 Å². The highest BCUT2D eigenvalue weighted by atomic mass is 16.6. The second-order valence-corrected chi connectivity index (χ2v) is 19.5. The topological polar surface area (TPSA) is 78.9 Å². The van der Waals surface area contributed by atoms with Crippen molar-refractivity contribution in [2.24, 2.45) is 0 Å². The largest absolute Gasteiger partial charge is 0.462 e. The molecule has 0 aliphatic rings. The Hall–Kier alpha value is -3.67. The zero-order valence-electron chi connectivity index (χ0n) is 46.5. The van der Waals surface area contributed by atoms with Crippen LogP contribution in [0.5, 0.6) is 0 Å². The summed E-state index contributed by atoms with van der Waals surface area (Å²) in [5.41, 5.74) is 0. The number of allylic oxidation sites excluding steroid dienone is 16. The van der Waals surface area contributed by atoms with Gasteiger partial charge in [-0.25, -0.2) is 0 Å². The highest BCUT2D eigenvalue weighted by molar-refractivity contribution is 5.71. The van der Waals surface area contributed by atoms with Crippen molar-refractivity contribution in [1.29, 1.82) is 0 Å². The Balaban J connectivity index is 4.38. The lowest BCUT2D eigenvalue weighted by molar-refractivity contribution is -0.167. The van der Waals surface area contributed by atoms with E-state index in [0.29, 0.717) is 19.3 Å². The van der Waals surface area contributed by atoms with E-state index in [-0.39, 0.29) is 31.1 Å². The molecule has 1 unspecified atom stereocenters. The van der Waals surface area contributed by atoms with E-state index in [1.54, 1.807) is 0 Å². The van der Waals surface area contributed by atoms with Crippen molar-refractivity contribution in [2.45, 2.75) is 284 Å². The summed E-state index contributed by atoms with van der Waals surface area (Å²) in [5, 5.41) is 0. The van der Waals surface area contributed by atoms with E-state index in [0.717, 1.165) is 135 Å². The van der Waals surface area contributed by atoms with E-state index >= 15 is 0 Å². The van der Waals surface area contributed by atoms with Crippen LogP contribution < -0.4 is 0 Å². The summed E-state index contributed by atoms with van der Waals surface area (Å²) in [6.45, 7) is 6.45. The smallest absolute Gasteiger partial charge is 0.306 e. The number of esters is 3. The fourth-order valence-electron chi connectivity index (χ4n) is 8.07. The van der Waals surface area contributed by atoms with E-state index in [2.05, 4.69) is 118 Å². The van der Waals surface area contributed by atoms with Gasteiger partial charge in [0, 0.05) is 19.3 Å². The first kappa shape index (κ1) is 67.3. The number of rotatable bonds is 53. The first-order valence-electron chi connectivity index (χ1n) is 29.7. The molecule has 0 amide bonds. The molecule has 0 aliphatic heterocycles. The van der Waals surface area contributed by atoms with Crippen LogP contribution in [0.3, 0.4) is 0 Å². The summed E-state index contributed by atoms with van der Waals surface area (Å²) in [6.07, 6.45) is 78.2. The van der Waals surface area contributed by atoms with Gasteiger partial charge in [0.2, 0.25) is 0 Å². The van der Waals surface area contributed by atoms with Crippen molar-refractivity contribution < 1.29 is 28.6 Å². The van der Waals surface area contributed by atoms with Gasteiger partial charge in [-0.05, 0) is 116 Å². The van der Waals surface area contributed by atoms with Gasteiger partial charge in [0.05, 0.1) is 0 Å². The maximum absolute atomic E-state index is 12.9. The molecule has 1 atom stereocenters. The molecule has 0 aromatic carbocycles. The highest BCUT2D eigenvalue weighted by Crippen LogP contribution is 2.15. The molecule has 0 saturated carbocycles. The Morgan fingerprint density at radius 2 is 0.563 bits per heavy atom. The number of ether oxygens (including phenoxy) is 3. The summed E-state index contributed by atoms with van der Waals surface area (Å²) >= 11 is 0. The predicted octanol–water partition coefficient (Wildman–Crippen LogP) is 20.1. The van der Waals surface area contributed by atoms with Crippen LogP contribution in [-0.2, 0) is 28.6 Å². The molecule has 0 N–H and O–H groups in total. The number of hydrogen-bond acceptors (Lipinski definition) is 6. The summed E-state index contributed by atoms with van der Waals surface area (Å²) < 4.78 is 16.9. The first-order valence-corrected chi connectivity index (χ1v) is 29.7. The lowest BCUT2D eigenvalue weighted by atomic mass is 10.1. The molecule has 71 heavy (non-hydrogen) atoms. The highest BCUT2D eigenvalue weighted by Gasteiger charge is 2.19. The fraction of sp³-hybridized carbons (Fsp3) is 0.708. The quantitative estimate of drug-likeness (QED) is 0.0261. The van der Waals surface area contributed by atoms with Gasteiger partial charge >= 0.3 is 17.9 Å². The third-order valence-corrected chi connectivity index (χ3v) is 12.5. The maximum Gasteiger partial charge on any atom is 0.306 e. The molecule has 6 heteroatoms. The monoisotopic (exact) mass is 987 g/mol. The summed E-state index contributed by atoms with van der Waals surface area (Å²) in [7, 11) is 0. The second kappa shape index (κ2) is 58.9. The van der Waals surface area contributed by atoms with Crippen molar-refractivity contribution in [2.75, 3.05) is 13.2 Å². The number of hydrogen-bond donors (Lipinski definition) is 0. The Kier molecular flexibility index (Phi) is 55.9. The molecule has 0 aromatic heterocycles. The average molecular weight is 988 g/mol. The molecule has 0 spiro atoms. The maximum atomic E-state index is 12.9. The molecule has 0 rings (SSSR count). The summed E-state index contributed by atoms with van der Waals surface area (Å²) in [6, 6.07) is 0. The van der Waals surface area contributed by atoms with Crippen molar-refractivity contribution in [1.82, 2.24) is 0 Å². The molecular weight excluding hydrogens is 877 g/mol. The Morgan fingerprint density at radius 1 is 0.296 bits per heavy atom. The lowest BCUT2D eigenvalue weighted by Gasteiger charge is -2.18. The average Bonchev–Trinajstić information content (AvgIpc) is 3.37. The van der Waals surface area contributed by atoms with E-state index in [1.807, 2.05) is 0 Å². The standard InChI is InChI=1S/C65H110O6/c1-4-7-10-13-16-19-22-25-28-30-31-32-33-34-35-36-38-40-43-46-49-52-55-58-64(67)70-61-62(60-69-63(66)57-54-51-48-45-42-39-27-24-21-18-15-12-9-6-3)71-65(68)59-56-53-50-47-44-41-37-29-26-23-20-17-14-11-8-5-2/h7,10,15-16,18-20,23-25,27-29,31-32,37,62H,4-6,8-9,11-14,17,21-22,26,30,33-36,38-61H2,1-3H3/b10-7-,18-15-,19-16-,23-20-,27-24-,28-25-,32-31-,37-29-. The molecular formula is C65H110O6. The van der Waals surface area contributed by atoms with Crippen LogP contribution in [0.4, 0.5) is 0 Å². The van der Waals surface area contributed by atoms with E-state index < -0.39 is 6.10 Å². The van der Waals surface area contributed by atoms with Crippen LogP contribution in [0.15, 0.2) is 97.2 Å². The molecule has 0 radical (unpaired) electrons. The molecule has 0 saturated heterocycles. The molecule has 0 aromatic rings. The van der Waals surface area contributed by atoms with Gasteiger partial charge in [-0.3, -0.25) is 14.4 Å². The molecule has 0 fully saturated rings. The summed E-state index contributed by atoms with van der Waals surface area (Å²) in [4.78, 5) is 38.2. The SMILES string of the molecule is CC/C=C\C/C=C\C/C=C\C/C=C\CCCCCCCCCCCCC(=O)OCC(COC(=O)CCCCCCC/C=C\C/C=C\CCCC)OC(=O)CCCCCCC/C=C\C/C=C\CCCCCC. The van der Waals surface area contributed by atoms with Crippen molar-refractivity contribution in [3.63, 3.8) is 0 Å². The minimum atomic E-state index is -0.794.